The van der Waals surface area contributed by atoms with Gasteiger partial charge in [0.1, 0.15) is 16.3 Å². The summed E-state index contributed by atoms with van der Waals surface area (Å²) in [6.07, 6.45) is 3.90. The number of nitrogens with zero attached hydrogens (tertiary/aromatic N) is 4. The normalized spacial score (nSPS) is 19.6. The van der Waals surface area contributed by atoms with Crippen molar-refractivity contribution in [2.24, 2.45) is 11.8 Å². The molecule has 0 radical (unpaired) electrons. The Kier molecular flexibility index (Phi) is 6.64. The van der Waals surface area contributed by atoms with Crippen molar-refractivity contribution in [2.75, 3.05) is 13.1 Å². The molecule has 1 fully saturated rings. The van der Waals surface area contributed by atoms with Gasteiger partial charge in [-0.3, -0.25) is 19.1 Å². The number of thiophene rings is 1. The summed E-state index contributed by atoms with van der Waals surface area (Å²) in [5.74, 6) is 0.0940. The Bertz CT molecular complexity index is 1320. The van der Waals surface area contributed by atoms with Crippen molar-refractivity contribution in [2.45, 2.75) is 45.2 Å². The Labute approximate surface area is 196 Å². The maximum atomic E-state index is 13.6. The minimum Gasteiger partial charge on any atom is -0.349 e. The number of hydrogen-bond donors (Lipinski definition) is 1. The van der Waals surface area contributed by atoms with E-state index in [1.165, 1.54) is 22.0 Å². The molecule has 11 heteroatoms. The summed E-state index contributed by atoms with van der Waals surface area (Å²) in [6.45, 7) is 6.58. The second-order valence-corrected chi connectivity index (χ2v) is 11.8. The van der Waals surface area contributed by atoms with E-state index in [2.05, 4.69) is 15.3 Å². The fraction of sp³-hybridized carbons (Fsp3) is 0.455. The van der Waals surface area contributed by atoms with Crippen LogP contribution in [0.2, 0.25) is 0 Å². The van der Waals surface area contributed by atoms with Gasteiger partial charge in [-0.25, -0.2) is 13.4 Å². The molecule has 0 aliphatic carbocycles. The molecule has 0 spiro atoms. The summed E-state index contributed by atoms with van der Waals surface area (Å²) in [6, 6.07) is 5.39. The Morgan fingerprint density at radius 3 is 2.61 bits per heavy atom. The van der Waals surface area contributed by atoms with Crippen LogP contribution in [0, 0.1) is 18.8 Å². The molecule has 0 aromatic carbocycles. The Balaban J connectivity index is 1.64. The molecular weight excluding hydrogens is 462 g/mol. The molecule has 4 rings (SSSR count). The van der Waals surface area contributed by atoms with Crippen LogP contribution in [0.15, 0.2) is 40.4 Å². The van der Waals surface area contributed by atoms with E-state index in [0.29, 0.717) is 28.5 Å². The molecule has 1 N–H and O–H groups in total. The van der Waals surface area contributed by atoms with Crippen LogP contribution in [-0.2, 0) is 27.9 Å². The number of nitrogens with one attached hydrogen (secondary N) is 1. The number of carbonyl (C=O) groups excluding carboxylic acids is 1. The van der Waals surface area contributed by atoms with Crippen molar-refractivity contribution >= 4 is 37.5 Å². The van der Waals surface area contributed by atoms with Crippen molar-refractivity contribution < 1.29 is 13.2 Å². The van der Waals surface area contributed by atoms with E-state index in [1.54, 1.807) is 25.3 Å². The monoisotopic (exact) mass is 489 g/mol. The van der Waals surface area contributed by atoms with Crippen molar-refractivity contribution in [1.82, 2.24) is 24.2 Å². The lowest BCUT2D eigenvalue weighted by Crippen LogP contribution is -2.43. The van der Waals surface area contributed by atoms with Crippen LogP contribution in [0.25, 0.3) is 10.2 Å². The van der Waals surface area contributed by atoms with Crippen molar-refractivity contribution in [3.05, 3.63) is 51.6 Å². The van der Waals surface area contributed by atoms with E-state index >= 15 is 0 Å². The molecule has 1 aliphatic heterocycles. The number of hydrogen-bond acceptors (Lipinski definition) is 7. The zero-order valence-electron chi connectivity index (χ0n) is 18.8. The van der Waals surface area contributed by atoms with Gasteiger partial charge < -0.3 is 5.32 Å². The van der Waals surface area contributed by atoms with E-state index in [1.807, 2.05) is 19.9 Å². The summed E-state index contributed by atoms with van der Waals surface area (Å²) in [5, 5.41) is 2.78. The molecule has 2 atom stereocenters. The lowest BCUT2D eigenvalue weighted by atomic mass is 9.94. The average molecular weight is 490 g/mol. The maximum Gasteiger partial charge on any atom is 0.263 e. The predicted molar refractivity (Wildman–Crippen MR) is 126 cm³/mol. The molecule has 1 saturated heterocycles. The molecule has 0 unspecified atom stereocenters. The largest absolute Gasteiger partial charge is 0.349 e. The number of piperidine rings is 1. The van der Waals surface area contributed by atoms with Crippen molar-refractivity contribution in [3.63, 3.8) is 0 Å². The number of aryl methyl sites for hydroxylation is 1. The minimum absolute atomic E-state index is 0.0181. The van der Waals surface area contributed by atoms with Gasteiger partial charge in [-0.15, -0.1) is 11.3 Å². The molecule has 1 amide bonds. The summed E-state index contributed by atoms with van der Waals surface area (Å²) >= 11 is 1.18. The van der Waals surface area contributed by atoms with E-state index < -0.39 is 15.6 Å². The molecule has 176 valence electrons. The van der Waals surface area contributed by atoms with Gasteiger partial charge in [-0.05, 0) is 37.3 Å². The zero-order chi connectivity index (χ0) is 23.8. The number of sulfonamides is 1. The second-order valence-electron chi connectivity index (χ2n) is 8.71. The van der Waals surface area contributed by atoms with Gasteiger partial charge in [0.25, 0.3) is 5.56 Å². The number of carbonyl (C=O) groups is 1. The number of amides is 1. The highest BCUT2D eigenvalue weighted by Crippen LogP contribution is 2.35. The highest BCUT2D eigenvalue weighted by molar-refractivity contribution is 7.89. The van der Waals surface area contributed by atoms with E-state index in [-0.39, 0.29) is 41.1 Å². The molecule has 3 aromatic rings. The van der Waals surface area contributed by atoms with Crippen LogP contribution in [0.4, 0.5) is 0 Å². The van der Waals surface area contributed by atoms with E-state index in [0.717, 1.165) is 11.0 Å². The summed E-state index contributed by atoms with van der Waals surface area (Å²) in [7, 11) is -3.87. The van der Waals surface area contributed by atoms with E-state index in [4.69, 9.17) is 0 Å². The van der Waals surface area contributed by atoms with Gasteiger partial charge in [0.2, 0.25) is 15.9 Å². The molecule has 4 heterocycles. The molecule has 0 saturated carbocycles. The maximum absolute atomic E-state index is 13.6. The number of pyridine rings is 1. The quantitative estimate of drug-likeness (QED) is 0.567. The van der Waals surface area contributed by atoms with Crippen LogP contribution in [0.3, 0.4) is 0 Å². The molecule has 0 bridgehead atoms. The Morgan fingerprint density at radius 2 is 1.94 bits per heavy atom. The smallest absolute Gasteiger partial charge is 0.263 e. The van der Waals surface area contributed by atoms with Gasteiger partial charge in [0, 0.05) is 24.2 Å². The minimum atomic E-state index is -3.87. The predicted octanol–water partition coefficient (Wildman–Crippen LogP) is 2.14. The molecule has 33 heavy (non-hydrogen) atoms. The second kappa shape index (κ2) is 9.32. The lowest BCUT2D eigenvalue weighted by molar-refractivity contribution is -0.121. The van der Waals surface area contributed by atoms with Gasteiger partial charge in [0.05, 0.1) is 24.0 Å². The average Bonchev–Trinajstić information content (AvgIpc) is 3.12. The first-order chi connectivity index (χ1) is 15.7. The first-order valence-electron chi connectivity index (χ1n) is 10.8. The van der Waals surface area contributed by atoms with Gasteiger partial charge in [-0.2, -0.15) is 4.31 Å². The van der Waals surface area contributed by atoms with Gasteiger partial charge >= 0.3 is 0 Å². The van der Waals surface area contributed by atoms with Crippen LogP contribution < -0.4 is 10.9 Å². The number of rotatable bonds is 6. The van der Waals surface area contributed by atoms with Crippen LogP contribution in [0.5, 0.6) is 0 Å². The SMILES string of the molecule is Cc1sc2ncn(CC(=O)NCc3ccccn3)c(=O)c2c1S(=O)(=O)N1C[C@@H](C)C[C@H](C)C1. The standard InChI is InChI=1S/C22H27N5O4S2/c1-14-8-15(2)11-27(10-14)33(30,31)20-16(3)32-21-19(20)22(29)26(13-25-21)12-18(28)24-9-17-6-4-5-7-23-17/h4-7,13-15H,8-12H2,1-3H3,(H,24,28)/t14-,15-/m0/s1. The van der Waals surface area contributed by atoms with Gasteiger partial charge in [0.15, 0.2) is 0 Å². The van der Waals surface area contributed by atoms with E-state index in [9.17, 15) is 18.0 Å². The highest BCUT2D eigenvalue weighted by atomic mass is 32.2. The third-order valence-electron chi connectivity index (χ3n) is 5.74. The van der Waals surface area contributed by atoms with Crippen LogP contribution in [0.1, 0.15) is 30.8 Å². The van der Waals surface area contributed by atoms with Gasteiger partial charge in [-0.1, -0.05) is 19.9 Å². The molecular formula is C22H27N5O4S2. The highest BCUT2D eigenvalue weighted by Gasteiger charge is 2.35. The number of fused-ring (bicyclic) bond motifs is 1. The van der Waals surface area contributed by atoms with Crippen LogP contribution in [-0.4, -0.2) is 46.3 Å². The Hall–Kier alpha value is -2.63. The molecule has 9 nitrogen and oxygen atoms in total. The van der Waals surface area contributed by atoms with Crippen LogP contribution >= 0.6 is 11.3 Å². The fourth-order valence-electron chi connectivity index (χ4n) is 4.37. The first-order valence-corrected chi connectivity index (χ1v) is 13.1. The van der Waals surface area contributed by atoms with Crippen molar-refractivity contribution in [3.8, 4) is 0 Å². The first kappa shape index (κ1) is 23.5. The summed E-state index contributed by atoms with van der Waals surface area (Å²) in [5.41, 5.74) is 0.160. The Morgan fingerprint density at radius 1 is 1.21 bits per heavy atom. The topological polar surface area (TPSA) is 114 Å². The summed E-state index contributed by atoms with van der Waals surface area (Å²) in [4.78, 5) is 35.1. The third kappa shape index (κ3) is 4.85. The third-order valence-corrected chi connectivity index (χ3v) is 8.89. The lowest BCUT2D eigenvalue weighted by Gasteiger charge is -2.34. The summed E-state index contributed by atoms with van der Waals surface area (Å²) < 4.78 is 29.8. The fourth-order valence-corrected chi connectivity index (χ4v) is 7.72. The van der Waals surface area contributed by atoms with Crippen molar-refractivity contribution in [1.29, 1.82) is 0 Å². The zero-order valence-corrected chi connectivity index (χ0v) is 20.4. The molecule has 3 aromatic heterocycles. The number of aromatic nitrogens is 3. The molecule has 1 aliphatic rings.